The van der Waals surface area contributed by atoms with Crippen LogP contribution in [0.2, 0.25) is 0 Å². The van der Waals surface area contributed by atoms with Gasteiger partial charge in [0.2, 0.25) is 0 Å². The summed E-state index contributed by atoms with van der Waals surface area (Å²) < 4.78 is 0. The van der Waals surface area contributed by atoms with E-state index in [9.17, 15) is 4.79 Å². The van der Waals surface area contributed by atoms with Crippen molar-refractivity contribution in [2.75, 3.05) is 18.9 Å². The topological polar surface area (TPSA) is 45.2 Å². The number of nitrogens with zero attached hydrogens (tertiary/aromatic N) is 2. The van der Waals surface area contributed by atoms with E-state index in [0.29, 0.717) is 17.7 Å². The third-order valence-electron chi connectivity index (χ3n) is 3.56. The van der Waals surface area contributed by atoms with Gasteiger partial charge < -0.3 is 10.2 Å². The van der Waals surface area contributed by atoms with Crippen molar-refractivity contribution in [3.8, 4) is 0 Å². The van der Waals surface area contributed by atoms with Gasteiger partial charge in [-0.25, -0.2) is 4.98 Å². The zero-order valence-electron chi connectivity index (χ0n) is 11.3. The van der Waals surface area contributed by atoms with Crippen molar-refractivity contribution in [3.63, 3.8) is 0 Å². The summed E-state index contributed by atoms with van der Waals surface area (Å²) in [5, 5.41) is 3.12. The van der Waals surface area contributed by atoms with E-state index in [1.807, 2.05) is 31.0 Å². The highest BCUT2D eigenvalue weighted by atomic mass is 16.2. The molecule has 0 aliphatic heterocycles. The van der Waals surface area contributed by atoms with Crippen LogP contribution < -0.4 is 5.32 Å². The highest BCUT2D eigenvalue weighted by Crippen LogP contribution is 2.34. The standard InChI is InChI=1S/C14H21N3O/c1-4-15-13-7-5-6-12(16-13)14(18)17(3)10(2)11-8-9-11/h5-7,10-11H,4,8-9H2,1-3H3,(H,15,16). The summed E-state index contributed by atoms with van der Waals surface area (Å²) in [4.78, 5) is 18.5. The predicted octanol–water partition coefficient (Wildman–Crippen LogP) is 2.38. The van der Waals surface area contributed by atoms with Gasteiger partial charge in [0.05, 0.1) is 0 Å². The summed E-state index contributed by atoms with van der Waals surface area (Å²) >= 11 is 0. The second-order valence-electron chi connectivity index (χ2n) is 4.93. The van der Waals surface area contributed by atoms with E-state index in [0.717, 1.165) is 12.4 Å². The fraction of sp³-hybridized carbons (Fsp3) is 0.571. The Morgan fingerprint density at radius 2 is 2.28 bits per heavy atom. The Hall–Kier alpha value is -1.58. The first-order chi connectivity index (χ1) is 8.63. The molecule has 0 radical (unpaired) electrons. The molecule has 1 aliphatic carbocycles. The van der Waals surface area contributed by atoms with Crippen LogP contribution in [0.1, 0.15) is 37.2 Å². The molecule has 1 saturated carbocycles. The Balaban J connectivity index is 2.09. The predicted molar refractivity (Wildman–Crippen MR) is 72.7 cm³/mol. The number of anilines is 1. The van der Waals surface area contributed by atoms with E-state index in [1.54, 1.807) is 6.07 Å². The average Bonchev–Trinajstić information content (AvgIpc) is 3.21. The Morgan fingerprint density at radius 1 is 1.56 bits per heavy atom. The summed E-state index contributed by atoms with van der Waals surface area (Å²) in [6.07, 6.45) is 2.48. The highest BCUT2D eigenvalue weighted by molar-refractivity contribution is 5.92. The monoisotopic (exact) mass is 247 g/mol. The van der Waals surface area contributed by atoms with Crippen LogP contribution in [-0.4, -0.2) is 35.4 Å². The summed E-state index contributed by atoms with van der Waals surface area (Å²) in [6.45, 7) is 4.93. The normalized spacial score (nSPS) is 16.2. The molecule has 2 rings (SSSR count). The smallest absolute Gasteiger partial charge is 0.272 e. The Morgan fingerprint density at radius 3 is 2.89 bits per heavy atom. The summed E-state index contributed by atoms with van der Waals surface area (Å²) in [5.74, 6) is 1.45. The number of pyridine rings is 1. The maximum Gasteiger partial charge on any atom is 0.272 e. The number of aromatic nitrogens is 1. The second-order valence-corrected chi connectivity index (χ2v) is 4.93. The summed E-state index contributed by atoms with van der Waals surface area (Å²) in [7, 11) is 1.87. The lowest BCUT2D eigenvalue weighted by molar-refractivity contribution is 0.0721. The molecule has 1 aromatic heterocycles. The van der Waals surface area contributed by atoms with Crippen molar-refractivity contribution in [2.45, 2.75) is 32.7 Å². The molecule has 1 aliphatic rings. The zero-order valence-corrected chi connectivity index (χ0v) is 11.3. The number of amides is 1. The Bertz CT molecular complexity index is 429. The SMILES string of the molecule is CCNc1cccc(C(=O)N(C)C(C)C2CC2)n1. The van der Waals surface area contributed by atoms with Crippen LogP contribution in [0.4, 0.5) is 5.82 Å². The maximum atomic E-state index is 12.3. The number of hydrogen-bond acceptors (Lipinski definition) is 3. The van der Waals surface area contributed by atoms with Gasteiger partial charge in [-0.1, -0.05) is 6.07 Å². The van der Waals surface area contributed by atoms with Crippen molar-refractivity contribution >= 4 is 11.7 Å². The molecular weight excluding hydrogens is 226 g/mol. The van der Waals surface area contributed by atoms with Gasteiger partial charge in [-0.3, -0.25) is 4.79 Å². The van der Waals surface area contributed by atoms with E-state index in [4.69, 9.17) is 0 Å². The second kappa shape index (κ2) is 5.38. The molecule has 1 heterocycles. The summed E-state index contributed by atoms with van der Waals surface area (Å²) in [5.41, 5.74) is 0.517. The molecule has 4 nitrogen and oxygen atoms in total. The molecule has 4 heteroatoms. The number of carbonyl (C=O) groups excluding carboxylic acids is 1. The van der Waals surface area contributed by atoms with E-state index in [2.05, 4.69) is 17.2 Å². The molecule has 0 spiro atoms. The van der Waals surface area contributed by atoms with Crippen LogP contribution in [0.3, 0.4) is 0 Å². The lowest BCUT2D eigenvalue weighted by Crippen LogP contribution is -2.36. The highest BCUT2D eigenvalue weighted by Gasteiger charge is 2.33. The van der Waals surface area contributed by atoms with Gasteiger partial charge in [0.15, 0.2) is 0 Å². The minimum atomic E-state index is 0.00848. The van der Waals surface area contributed by atoms with Crippen molar-refractivity contribution < 1.29 is 4.79 Å². The molecule has 0 aromatic carbocycles. The molecule has 98 valence electrons. The van der Waals surface area contributed by atoms with E-state index >= 15 is 0 Å². The van der Waals surface area contributed by atoms with Gasteiger partial charge in [-0.05, 0) is 44.7 Å². The van der Waals surface area contributed by atoms with Crippen molar-refractivity contribution in [1.29, 1.82) is 0 Å². The molecule has 1 amide bonds. The van der Waals surface area contributed by atoms with Gasteiger partial charge >= 0.3 is 0 Å². The molecule has 1 N–H and O–H groups in total. The maximum absolute atomic E-state index is 12.3. The lowest BCUT2D eigenvalue weighted by Gasteiger charge is -2.24. The van der Waals surface area contributed by atoms with Crippen LogP contribution in [-0.2, 0) is 0 Å². The largest absolute Gasteiger partial charge is 0.370 e. The first-order valence-electron chi connectivity index (χ1n) is 6.61. The molecule has 1 aromatic rings. The summed E-state index contributed by atoms with van der Waals surface area (Å²) in [6, 6.07) is 5.83. The van der Waals surface area contributed by atoms with Gasteiger partial charge in [0.1, 0.15) is 11.5 Å². The van der Waals surface area contributed by atoms with Gasteiger partial charge in [-0.15, -0.1) is 0 Å². The Labute approximate surface area is 108 Å². The minimum Gasteiger partial charge on any atom is -0.370 e. The molecule has 18 heavy (non-hydrogen) atoms. The van der Waals surface area contributed by atoms with Crippen molar-refractivity contribution in [2.24, 2.45) is 5.92 Å². The molecule has 1 atom stereocenters. The van der Waals surface area contributed by atoms with Gasteiger partial charge in [0, 0.05) is 19.6 Å². The number of carbonyl (C=O) groups is 1. The van der Waals surface area contributed by atoms with E-state index in [1.165, 1.54) is 12.8 Å². The first-order valence-corrected chi connectivity index (χ1v) is 6.61. The molecule has 0 saturated heterocycles. The van der Waals surface area contributed by atoms with Crippen LogP contribution in [0.15, 0.2) is 18.2 Å². The van der Waals surface area contributed by atoms with Crippen LogP contribution >= 0.6 is 0 Å². The third kappa shape index (κ3) is 2.81. The molecule has 0 bridgehead atoms. The first kappa shape index (κ1) is 12.9. The van der Waals surface area contributed by atoms with Crippen LogP contribution in [0.5, 0.6) is 0 Å². The van der Waals surface area contributed by atoms with Crippen molar-refractivity contribution in [3.05, 3.63) is 23.9 Å². The van der Waals surface area contributed by atoms with E-state index < -0.39 is 0 Å². The third-order valence-corrected chi connectivity index (χ3v) is 3.56. The molecule has 1 unspecified atom stereocenters. The number of nitrogens with one attached hydrogen (secondary N) is 1. The zero-order chi connectivity index (χ0) is 13.1. The fourth-order valence-corrected chi connectivity index (χ4v) is 2.09. The Kier molecular flexibility index (Phi) is 3.84. The minimum absolute atomic E-state index is 0.00848. The van der Waals surface area contributed by atoms with Gasteiger partial charge in [-0.2, -0.15) is 0 Å². The van der Waals surface area contributed by atoms with E-state index in [-0.39, 0.29) is 5.91 Å². The van der Waals surface area contributed by atoms with Crippen LogP contribution in [0, 0.1) is 5.92 Å². The number of rotatable bonds is 5. The van der Waals surface area contributed by atoms with Crippen LogP contribution in [0.25, 0.3) is 0 Å². The lowest BCUT2D eigenvalue weighted by atomic mass is 10.2. The van der Waals surface area contributed by atoms with Crippen molar-refractivity contribution in [1.82, 2.24) is 9.88 Å². The molecule has 1 fully saturated rings. The number of hydrogen-bond donors (Lipinski definition) is 1. The quantitative estimate of drug-likeness (QED) is 0.869. The fourth-order valence-electron chi connectivity index (χ4n) is 2.09. The average molecular weight is 247 g/mol. The van der Waals surface area contributed by atoms with Gasteiger partial charge in [0.25, 0.3) is 5.91 Å². The molecular formula is C14H21N3O.